The molecule has 0 aromatic heterocycles. The highest BCUT2D eigenvalue weighted by Gasteiger charge is 2.12. The summed E-state index contributed by atoms with van der Waals surface area (Å²) in [6.07, 6.45) is 6.87. The van der Waals surface area contributed by atoms with Crippen molar-refractivity contribution in [2.45, 2.75) is 26.7 Å². The smallest absolute Gasteiger partial charge is 0.0230 e. The van der Waals surface area contributed by atoms with Crippen LogP contribution in [-0.4, -0.2) is 25.0 Å². The molecule has 1 heterocycles. The molecular weight excluding hydrogens is 146 g/mol. The average Bonchev–Trinajstić information content (AvgIpc) is 2.05. The molecule has 0 N–H and O–H groups in total. The molecule has 0 amide bonds. The van der Waals surface area contributed by atoms with E-state index in [0.717, 1.165) is 6.54 Å². The lowest BCUT2D eigenvalue weighted by Gasteiger charge is -2.25. The Morgan fingerprint density at radius 1 is 1.50 bits per heavy atom. The number of allylic oxidation sites excluding steroid dienone is 1. The lowest BCUT2D eigenvalue weighted by Crippen LogP contribution is -2.27. The number of hydrogen-bond acceptors (Lipinski definition) is 1. The SMILES string of the molecule is C/C=C\C1=C(CC)CCN(C)C1. The predicted octanol–water partition coefficient (Wildman–Crippen LogP) is 2.60. The normalized spacial score (nSPS) is 20.9. The van der Waals surface area contributed by atoms with Gasteiger partial charge >= 0.3 is 0 Å². The summed E-state index contributed by atoms with van der Waals surface area (Å²) in [5, 5.41) is 0. The molecule has 0 bridgehead atoms. The van der Waals surface area contributed by atoms with E-state index < -0.39 is 0 Å². The van der Waals surface area contributed by atoms with Crippen LogP contribution in [0.25, 0.3) is 0 Å². The molecule has 0 aromatic carbocycles. The third-order valence-electron chi connectivity index (χ3n) is 2.48. The first-order valence-electron chi connectivity index (χ1n) is 4.80. The Bertz CT molecular complexity index is 201. The molecule has 0 aromatic rings. The minimum absolute atomic E-state index is 1.13. The minimum Gasteiger partial charge on any atom is -0.302 e. The molecular formula is C11H19N. The van der Waals surface area contributed by atoms with Crippen LogP contribution in [-0.2, 0) is 0 Å². The van der Waals surface area contributed by atoms with Gasteiger partial charge in [-0.15, -0.1) is 0 Å². The molecule has 0 radical (unpaired) electrons. The van der Waals surface area contributed by atoms with Crippen molar-refractivity contribution in [2.24, 2.45) is 0 Å². The molecule has 0 atom stereocenters. The van der Waals surface area contributed by atoms with Crippen molar-refractivity contribution in [3.8, 4) is 0 Å². The predicted molar refractivity (Wildman–Crippen MR) is 54.2 cm³/mol. The maximum Gasteiger partial charge on any atom is 0.0230 e. The topological polar surface area (TPSA) is 3.24 Å². The van der Waals surface area contributed by atoms with Gasteiger partial charge in [0.25, 0.3) is 0 Å². The van der Waals surface area contributed by atoms with Crippen molar-refractivity contribution < 1.29 is 0 Å². The summed E-state index contributed by atoms with van der Waals surface area (Å²) >= 11 is 0. The van der Waals surface area contributed by atoms with Gasteiger partial charge in [0, 0.05) is 13.1 Å². The van der Waals surface area contributed by atoms with E-state index in [9.17, 15) is 0 Å². The highest BCUT2D eigenvalue weighted by molar-refractivity contribution is 5.28. The molecule has 0 saturated heterocycles. The lowest BCUT2D eigenvalue weighted by atomic mass is 9.98. The summed E-state index contributed by atoms with van der Waals surface area (Å²) in [6, 6.07) is 0. The van der Waals surface area contributed by atoms with Crippen LogP contribution in [0.5, 0.6) is 0 Å². The fraction of sp³-hybridized carbons (Fsp3) is 0.636. The molecule has 0 saturated carbocycles. The third kappa shape index (κ3) is 2.21. The Kier molecular flexibility index (Phi) is 3.54. The summed E-state index contributed by atoms with van der Waals surface area (Å²) in [7, 11) is 2.19. The monoisotopic (exact) mass is 165 g/mol. The Labute approximate surface area is 75.8 Å². The fourth-order valence-electron chi connectivity index (χ4n) is 1.74. The van der Waals surface area contributed by atoms with Crippen molar-refractivity contribution in [3.05, 3.63) is 23.3 Å². The maximum atomic E-state index is 2.38. The molecule has 12 heavy (non-hydrogen) atoms. The maximum absolute atomic E-state index is 2.38. The van der Waals surface area contributed by atoms with E-state index in [1.807, 2.05) is 0 Å². The second-order valence-corrected chi connectivity index (χ2v) is 3.47. The summed E-state index contributed by atoms with van der Waals surface area (Å²) < 4.78 is 0. The van der Waals surface area contributed by atoms with Gasteiger partial charge in [0.1, 0.15) is 0 Å². The second-order valence-electron chi connectivity index (χ2n) is 3.47. The van der Waals surface area contributed by atoms with Crippen LogP contribution in [0, 0.1) is 0 Å². The van der Waals surface area contributed by atoms with Gasteiger partial charge in [-0.3, -0.25) is 0 Å². The van der Waals surface area contributed by atoms with E-state index in [0.29, 0.717) is 0 Å². The average molecular weight is 165 g/mol. The number of rotatable bonds is 2. The highest BCUT2D eigenvalue weighted by Crippen LogP contribution is 2.20. The molecule has 0 unspecified atom stereocenters. The molecule has 1 aliphatic heterocycles. The highest BCUT2D eigenvalue weighted by atomic mass is 15.1. The molecule has 1 nitrogen and oxygen atoms in total. The van der Waals surface area contributed by atoms with Gasteiger partial charge in [0.2, 0.25) is 0 Å². The quantitative estimate of drug-likeness (QED) is 0.608. The van der Waals surface area contributed by atoms with E-state index in [1.54, 1.807) is 5.57 Å². The van der Waals surface area contributed by atoms with Crippen molar-refractivity contribution in [1.82, 2.24) is 4.90 Å². The number of hydrogen-bond donors (Lipinski definition) is 0. The first kappa shape index (κ1) is 9.53. The van der Waals surface area contributed by atoms with Crippen LogP contribution >= 0.6 is 0 Å². The second kappa shape index (κ2) is 4.46. The zero-order valence-electron chi connectivity index (χ0n) is 8.43. The Balaban J connectivity index is 2.77. The van der Waals surface area contributed by atoms with Crippen LogP contribution in [0.2, 0.25) is 0 Å². The molecule has 68 valence electrons. The zero-order valence-corrected chi connectivity index (χ0v) is 8.43. The summed E-state index contributed by atoms with van der Waals surface area (Å²) in [6.45, 7) is 6.71. The summed E-state index contributed by atoms with van der Waals surface area (Å²) in [4.78, 5) is 2.38. The van der Waals surface area contributed by atoms with E-state index in [2.05, 4.69) is 37.9 Å². The van der Waals surface area contributed by atoms with Gasteiger partial charge in [0.15, 0.2) is 0 Å². The Morgan fingerprint density at radius 2 is 2.25 bits per heavy atom. The number of likely N-dealkylation sites (N-methyl/N-ethyl adjacent to an activating group) is 1. The van der Waals surface area contributed by atoms with Crippen molar-refractivity contribution in [1.29, 1.82) is 0 Å². The van der Waals surface area contributed by atoms with Crippen LogP contribution in [0.15, 0.2) is 23.3 Å². The van der Waals surface area contributed by atoms with Crippen LogP contribution < -0.4 is 0 Å². The van der Waals surface area contributed by atoms with E-state index in [-0.39, 0.29) is 0 Å². The molecule has 0 fully saturated rings. The van der Waals surface area contributed by atoms with Gasteiger partial charge in [-0.1, -0.05) is 24.6 Å². The van der Waals surface area contributed by atoms with Crippen LogP contribution in [0.4, 0.5) is 0 Å². The van der Waals surface area contributed by atoms with Crippen molar-refractivity contribution in [3.63, 3.8) is 0 Å². The molecule has 0 aliphatic carbocycles. The minimum atomic E-state index is 1.13. The van der Waals surface area contributed by atoms with Gasteiger partial charge in [0.05, 0.1) is 0 Å². The van der Waals surface area contributed by atoms with E-state index >= 15 is 0 Å². The first-order chi connectivity index (χ1) is 5.77. The molecule has 1 heteroatoms. The van der Waals surface area contributed by atoms with Crippen molar-refractivity contribution >= 4 is 0 Å². The fourth-order valence-corrected chi connectivity index (χ4v) is 1.74. The van der Waals surface area contributed by atoms with E-state index in [1.165, 1.54) is 25.0 Å². The Hall–Kier alpha value is -0.560. The third-order valence-corrected chi connectivity index (χ3v) is 2.48. The van der Waals surface area contributed by atoms with Gasteiger partial charge in [-0.2, -0.15) is 0 Å². The molecule has 0 spiro atoms. The summed E-state index contributed by atoms with van der Waals surface area (Å²) in [5.41, 5.74) is 3.18. The van der Waals surface area contributed by atoms with Gasteiger partial charge in [-0.25, -0.2) is 0 Å². The van der Waals surface area contributed by atoms with E-state index in [4.69, 9.17) is 0 Å². The largest absolute Gasteiger partial charge is 0.302 e. The zero-order chi connectivity index (χ0) is 8.97. The van der Waals surface area contributed by atoms with Crippen molar-refractivity contribution in [2.75, 3.05) is 20.1 Å². The first-order valence-corrected chi connectivity index (χ1v) is 4.80. The number of nitrogens with zero attached hydrogens (tertiary/aromatic N) is 1. The van der Waals surface area contributed by atoms with Crippen LogP contribution in [0.1, 0.15) is 26.7 Å². The summed E-state index contributed by atoms with van der Waals surface area (Å²) in [5.74, 6) is 0. The lowest BCUT2D eigenvalue weighted by molar-refractivity contribution is 0.349. The Morgan fingerprint density at radius 3 is 2.83 bits per heavy atom. The molecule has 1 aliphatic rings. The van der Waals surface area contributed by atoms with Gasteiger partial charge < -0.3 is 4.90 Å². The molecule has 1 rings (SSSR count). The standard InChI is InChI=1S/C11H19N/c1-4-6-11-9-12(3)8-7-10(11)5-2/h4,6H,5,7-9H2,1-3H3/b6-4-. The van der Waals surface area contributed by atoms with Crippen LogP contribution in [0.3, 0.4) is 0 Å². The van der Waals surface area contributed by atoms with Gasteiger partial charge in [-0.05, 0) is 32.4 Å².